The summed E-state index contributed by atoms with van der Waals surface area (Å²) in [6.45, 7) is 25.3. The molecule has 4 nitrogen and oxygen atoms in total. The van der Waals surface area contributed by atoms with Crippen molar-refractivity contribution in [3.63, 3.8) is 0 Å². The van der Waals surface area contributed by atoms with E-state index in [-0.39, 0.29) is 10.8 Å². The highest BCUT2D eigenvalue weighted by Gasteiger charge is 2.60. The van der Waals surface area contributed by atoms with Gasteiger partial charge in [-0.1, -0.05) is 90.7 Å². The van der Waals surface area contributed by atoms with Gasteiger partial charge in [-0.15, -0.1) is 0 Å². The molecule has 0 unspecified atom stereocenters. The van der Waals surface area contributed by atoms with E-state index >= 15 is 0 Å². The van der Waals surface area contributed by atoms with Crippen molar-refractivity contribution >= 4 is 43.1 Å². The second kappa shape index (κ2) is 7.92. The van der Waals surface area contributed by atoms with Gasteiger partial charge in [0.15, 0.2) is 0 Å². The van der Waals surface area contributed by atoms with Gasteiger partial charge in [-0.05, 0) is 35.1 Å². The van der Waals surface area contributed by atoms with Crippen LogP contribution in [-0.4, -0.2) is 63.8 Å². The molecule has 0 spiro atoms. The molecule has 190 valence electrons. The lowest BCUT2D eigenvalue weighted by Crippen LogP contribution is -2.60. The number of aliphatic hydroxyl groups is 2. The zero-order chi connectivity index (χ0) is 26.4. The molecule has 34 heavy (non-hydrogen) atoms. The van der Waals surface area contributed by atoms with Crippen molar-refractivity contribution in [2.24, 2.45) is 0 Å². The Bertz CT molecular complexity index is 960. The number of hydrogen-bond acceptors (Lipinski definition) is 4. The lowest BCUT2D eigenvalue weighted by molar-refractivity contribution is -0.117. The van der Waals surface area contributed by atoms with Crippen LogP contribution in [0, 0.1) is 0 Å². The molecule has 0 saturated heterocycles. The molecule has 0 radical (unpaired) electrons. The Kier molecular flexibility index (Phi) is 6.51. The van der Waals surface area contributed by atoms with Crippen LogP contribution in [0.3, 0.4) is 0 Å². The van der Waals surface area contributed by atoms with Crippen LogP contribution in [-0.2, 0) is 22.4 Å². The number of hydrogen-bond donors (Lipinski definition) is 2. The molecule has 0 aliphatic heterocycles. The van der Waals surface area contributed by atoms with Gasteiger partial charge in [-0.2, -0.15) is 0 Å². The highest BCUT2D eigenvalue weighted by molar-refractivity contribution is 7.05. The number of rotatable bonds is 6. The fourth-order valence-corrected chi connectivity index (χ4v) is 12.4. The van der Waals surface area contributed by atoms with E-state index in [1.165, 1.54) is 0 Å². The summed E-state index contributed by atoms with van der Waals surface area (Å²) >= 11 is 0. The molecule has 0 aromatic heterocycles. The van der Waals surface area contributed by atoms with Crippen LogP contribution in [0.25, 0.3) is 0 Å². The van der Waals surface area contributed by atoms with Crippen LogP contribution in [0.4, 0.5) is 0 Å². The predicted octanol–water partition coefficient (Wildman–Crippen LogP) is 5.08. The molecule has 1 aromatic rings. The van der Waals surface area contributed by atoms with E-state index < -0.39 is 54.6 Å². The van der Waals surface area contributed by atoms with Crippen LogP contribution >= 0.6 is 0 Å². The first-order chi connectivity index (χ1) is 15.0. The molecule has 0 bridgehead atoms. The zero-order valence-corrected chi connectivity index (χ0v) is 27.4. The first-order valence-corrected chi connectivity index (χ1v) is 26.7. The summed E-state index contributed by atoms with van der Waals surface area (Å²) in [7, 11) is -8.69. The number of fused-ring (bicyclic) bond motifs is 2. The Morgan fingerprint density at radius 3 is 1.18 bits per heavy atom. The summed E-state index contributed by atoms with van der Waals surface area (Å²) < 4.78 is 0. The van der Waals surface area contributed by atoms with E-state index in [0.29, 0.717) is 12.8 Å². The van der Waals surface area contributed by atoms with E-state index in [9.17, 15) is 19.8 Å². The van der Waals surface area contributed by atoms with Crippen LogP contribution in [0.2, 0.25) is 78.6 Å². The topological polar surface area (TPSA) is 74.6 Å². The molecule has 0 amide bonds. The molecule has 1 aromatic carbocycles. The normalized spacial score (nSPS) is 29.7. The molecule has 0 fully saturated rings. The Balaban J connectivity index is 2.30. The predicted molar refractivity (Wildman–Crippen MR) is 153 cm³/mol. The maximum absolute atomic E-state index is 13.9. The summed E-state index contributed by atoms with van der Waals surface area (Å²) in [6.07, 6.45) is 0.981. The van der Waals surface area contributed by atoms with Crippen molar-refractivity contribution in [3.05, 3.63) is 34.4 Å². The molecule has 0 heterocycles. The van der Waals surface area contributed by atoms with Gasteiger partial charge < -0.3 is 19.8 Å². The van der Waals surface area contributed by atoms with E-state index in [0.717, 1.165) is 22.3 Å². The van der Waals surface area contributed by atoms with Gasteiger partial charge in [0.1, 0.15) is 27.0 Å². The third kappa shape index (κ3) is 4.16. The Hall–Kier alpha value is -0.652. The van der Waals surface area contributed by atoms with Crippen LogP contribution in [0.15, 0.2) is 12.1 Å². The summed E-state index contributed by atoms with van der Waals surface area (Å²) in [4.78, 5) is 27.7. The summed E-state index contributed by atoms with van der Waals surface area (Å²) in [6, 6.07) is 4.21. The SMILES string of the molecule is C[Si](C)(C)C(=O)[C@@H]1c2cc3c(cc2C[C@@]1(O)[Si](C)(C)C)C[C@](O)([Si](C)(C)C)[C@H]3C(=O)[Si](C)(C)C. The van der Waals surface area contributed by atoms with E-state index in [4.69, 9.17) is 0 Å². The lowest BCUT2D eigenvalue weighted by Gasteiger charge is -2.42. The largest absolute Gasteiger partial charge is 0.392 e. The van der Waals surface area contributed by atoms with E-state index in [1.807, 2.05) is 0 Å². The Morgan fingerprint density at radius 1 is 0.647 bits per heavy atom. The van der Waals surface area contributed by atoms with Crippen LogP contribution in [0.1, 0.15) is 34.1 Å². The quantitative estimate of drug-likeness (QED) is 0.499. The highest BCUT2D eigenvalue weighted by atomic mass is 28.3. The van der Waals surface area contributed by atoms with Crippen molar-refractivity contribution < 1.29 is 19.8 Å². The van der Waals surface area contributed by atoms with E-state index in [1.54, 1.807) is 0 Å². The average molecular weight is 535 g/mol. The third-order valence-electron chi connectivity index (χ3n) is 8.50. The van der Waals surface area contributed by atoms with Crippen molar-refractivity contribution in [1.82, 2.24) is 0 Å². The Labute approximate surface area is 210 Å². The summed E-state index contributed by atoms with van der Waals surface area (Å²) in [5, 5.41) is 22.6. The fourth-order valence-electron chi connectivity index (χ4n) is 5.85. The van der Waals surface area contributed by atoms with Crippen molar-refractivity contribution in [3.8, 4) is 0 Å². The maximum atomic E-state index is 13.9. The molecule has 8 heteroatoms. The Morgan fingerprint density at radius 2 is 0.941 bits per heavy atom. The number of carbonyl (C=O) groups excluding carboxylic acids is 2. The standard InChI is InChI=1S/C26H46O4Si4/c1-31(2,3)23(27)21-19-14-20-18(13-17(19)15-25(21,29)33(7,8)9)16-26(30,34(10,11)12)22(20)24(28)32(4,5)6/h13-14,21-22,29-30H,15-16H2,1-12H3/t21-,22+,25+,26-. The third-order valence-corrected chi connectivity index (χ3v) is 18.2. The number of benzene rings is 1. The lowest BCUT2D eigenvalue weighted by atomic mass is 9.93. The van der Waals surface area contributed by atoms with Crippen LogP contribution < -0.4 is 0 Å². The minimum absolute atomic E-state index is 0.197. The van der Waals surface area contributed by atoms with Crippen molar-refractivity contribution in [2.45, 2.75) is 114 Å². The second-order valence-corrected chi connectivity index (χ2v) is 35.8. The molecule has 2 N–H and O–H groups in total. The molecule has 4 atom stereocenters. The summed E-state index contributed by atoms with van der Waals surface area (Å²) in [5.41, 5.74) is 3.92. The average Bonchev–Trinajstić information content (AvgIpc) is 3.06. The molecule has 2 aliphatic rings. The van der Waals surface area contributed by atoms with Crippen molar-refractivity contribution in [2.75, 3.05) is 0 Å². The fraction of sp³-hybridized carbons (Fsp3) is 0.692. The van der Waals surface area contributed by atoms with Gasteiger partial charge in [0, 0.05) is 0 Å². The van der Waals surface area contributed by atoms with Crippen molar-refractivity contribution in [1.29, 1.82) is 0 Å². The number of carbonyl (C=O) groups is 2. The van der Waals surface area contributed by atoms with Gasteiger partial charge >= 0.3 is 0 Å². The highest BCUT2D eigenvalue weighted by Crippen LogP contribution is 2.53. The maximum Gasteiger partial charge on any atom is 0.124 e. The van der Waals surface area contributed by atoms with Gasteiger partial charge in [0.2, 0.25) is 0 Å². The van der Waals surface area contributed by atoms with Gasteiger partial charge in [0.05, 0.1) is 38.4 Å². The van der Waals surface area contributed by atoms with Gasteiger partial charge in [0.25, 0.3) is 0 Å². The first-order valence-electron chi connectivity index (χ1n) is 12.7. The minimum Gasteiger partial charge on any atom is -0.392 e. The van der Waals surface area contributed by atoms with Gasteiger partial charge in [-0.3, -0.25) is 0 Å². The zero-order valence-electron chi connectivity index (χ0n) is 23.4. The van der Waals surface area contributed by atoms with Crippen LogP contribution in [0.5, 0.6) is 0 Å². The molecular formula is C26H46O4Si4. The monoisotopic (exact) mass is 534 g/mol. The minimum atomic E-state index is -2.19. The van der Waals surface area contributed by atoms with E-state index in [2.05, 4.69) is 90.7 Å². The van der Waals surface area contributed by atoms with Gasteiger partial charge in [-0.25, -0.2) is 0 Å². The first kappa shape index (κ1) is 27.9. The molecule has 0 saturated carbocycles. The molecular weight excluding hydrogens is 489 g/mol. The smallest absolute Gasteiger partial charge is 0.124 e. The molecule has 2 aliphatic carbocycles. The summed E-state index contributed by atoms with van der Waals surface area (Å²) in [5.74, 6) is -1.07. The second-order valence-electron chi connectivity index (χ2n) is 15.0. The molecule has 3 rings (SSSR count).